The molecule has 0 aromatic heterocycles. The fraction of sp³-hybridized carbons (Fsp3) is 0.538. The molecule has 0 saturated heterocycles. The highest BCUT2D eigenvalue weighted by Gasteiger charge is 2.27. The molecule has 2 unspecified atom stereocenters. The molecule has 1 aromatic carbocycles. The molecule has 0 saturated carbocycles. The van der Waals surface area contributed by atoms with Crippen molar-refractivity contribution in [3.8, 4) is 5.75 Å². The molecule has 4 heteroatoms. The minimum atomic E-state index is -0.0990. The monoisotopic (exact) mass is 299 g/mol. The van der Waals surface area contributed by atoms with E-state index in [1.807, 2.05) is 12.1 Å². The van der Waals surface area contributed by atoms with E-state index in [1.54, 1.807) is 0 Å². The van der Waals surface area contributed by atoms with Crippen LogP contribution in [-0.2, 0) is 0 Å². The summed E-state index contributed by atoms with van der Waals surface area (Å²) in [6.45, 7) is 3.20. The molecule has 2 N–H and O–H groups in total. The van der Waals surface area contributed by atoms with E-state index < -0.39 is 0 Å². The summed E-state index contributed by atoms with van der Waals surface area (Å²) in [5.41, 5.74) is 1.18. The molecule has 2 atom stereocenters. The third-order valence-electron chi connectivity index (χ3n) is 2.98. The van der Waals surface area contributed by atoms with Crippen molar-refractivity contribution in [2.75, 3.05) is 13.2 Å². The SMILES string of the molecule is CCCNC1CC(CO)Oc2ccc(Br)cc21. The summed E-state index contributed by atoms with van der Waals surface area (Å²) in [6, 6.07) is 6.29. The average molecular weight is 300 g/mol. The number of fused-ring (bicyclic) bond motifs is 1. The molecule has 94 valence electrons. The molecule has 0 aliphatic carbocycles. The molecule has 17 heavy (non-hydrogen) atoms. The highest BCUT2D eigenvalue weighted by Crippen LogP contribution is 2.36. The van der Waals surface area contributed by atoms with Crippen molar-refractivity contribution < 1.29 is 9.84 Å². The maximum Gasteiger partial charge on any atom is 0.124 e. The van der Waals surface area contributed by atoms with Crippen molar-refractivity contribution in [1.29, 1.82) is 0 Å². The third kappa shape index (κ3) is 3.00. The van der Waals surface area contributed by atoms with Crippen LogP contribution in [0.1, 0.15) is 31.4 Å². The van der Waals surface area contributed by atoms with Crippen molar-refractivity contribution in [1.82, 2.24) is 5.32 Å². The van der Waals surface area contributed by atoms with Crippen molar-refractivity contribution in [2.45, 2.75) is 31.9 Å². The summed E-state index contributed by atoms with van der Waals surface area (Å²) in [7, 11) is 0. The van der Waals surface area contributed by atoms with Crippen LogP contribution in [-0.4, -0.2) is 24.4 Å². The molecule has 0 amide bonds. The predicted octanol–water partition coefficient (Wildman–Crippen LogP) is 2.63. The lowest BCUT2D eigenvalue weighted by Crippen LogP contribution is -2.35. The van der Waals surface area contributed by atoms with E-state index in [2.05, 4.69) is 34.2 Å². The number of rotatable bonds is 4. The van der Waals surface area contributed by atoms with Gasteiger partial charge in [0.1, 0.15) is 11.9 Å². The first-order valence-corrected chi connectivity index (χ1v) is 6.84. The minimum absolute atomic E-state index is 0.0693. The van der Waals surface area contributed by atoms with Gasteiger partial charge in [0.15, 0.2) is 0 Å². The van der Waals surface area contributed by atoms with Gasteiger partial charge in [0.25, 0.3) is 0 Å². The smallest absolute Gasteiger partial charge is 0.124 e. The van der Waals surface area contributed by atoms with Crippen molar-refractivity contribution in [2.24, 2.45) is 0 Å². The summed E-state index contributed by atoms with van der Waals surface area (Å²) in [6.07, 6.45) is 1.82. The Bertz CT molecular complexity index is 384. The summed E-state index contributed by atoms with van der Waals surface area (Å²) in [5, 5.41) is 12.8. The number of hydrogen-bond donors (Lipinski definition) is 2. The van der Waals surface area contributed by atoms with Crippen LogP contribution in [0, 0.1) is 0 Å². The van der Waals surface area contributed by atoms with Crippen molar-refractivity contribution in [3.05, 3.63) is 28.2 Å². The fourth-order valence-corrected chi connectivity index (χ4v) is 2.52. The fourth-order valence-electron chi connectivity index (χ4n) is 2.14. The largest absolute Gasteiger partial charge is 0.488 e. The van der Waals surface area contributed by atoms with Crippen LogP contribution in [0.5, 0.6) is 5.75 Å². The van der Waals surface area contributed by atoms with Gasteiger partial charge in [0.2, 0.25) is 0 Å². The standard InChI is InChI=1S/C13H18BrNO2/c1-2-5-15-12-7-10(8-16)17-13-4-3-9(14)6-11(12)13/h3-4,6,10,12,15-16H,2,5,7-8H2,1H3. The lowest BCUT2D eigenvalue weighted by molar-refractivity contribution is 0.0834. The second-order valence-corrected chi connectivity index (χ2v) is 5.26. The number of aliphatic hydroxyl groups excluding tert-OH is 1. The maximum absolute atomic E-state index is 9.25. The molecule has 1 aromatic rings. The first-order chi connectivity index (χ1) is 8.24. The molecule has 2 rings (SSSR count). The zero-order chi connectivity index (χ0) is 12.3. The van der Waals surface area contributed by atoms with E-state index in [-0.39, 0.29) is 18.8 Å². The van der Waals surface area contributed by atoms with E-state index in [0.29, 0.717) is 0 Å². The number of nitrogens with one attached hydrogen (secondary N) is 1. The molecule has 0 spiro atoms. The molecule has 1 heterocycles. The van der Waals surface area contributed by atoms with Gasteiger partial charge in [0, 0.05) is 22.5 Å². The quantitative estimate of drug-likeness (QED) is 0.898. The molecule has 0 fully saturated rings. The summed E-state index contributed by atoms with van der Waals surface area (Å²) in [5.74, 6) is 0.882. The van der Waals surface area contributed by atoms with Crippen LogP contribution >= 0.6 is 15.9 Å². The highest BCUT2D eigenvalue weighted by molar-refractivity contribution is 9.10. The summed E-state index contributed by atoms with van der Waals surface area (Å²) < 4.78 is 6.80. The van der Waals surface area contributed by atoms with Crippen LogP contribution in [0.25, 0.3) is 0 Å². The molecule has 0 bridgehead atoms. The molecular weight excluding hydrogens is 282 g/mol. The summed E-state index contributed by atoms with van der Waals surface area (Å²) >= 11 is 3.49. The van der Waals surface area contributed by atoms with E-state index in [0.717, 1.165) is 29.6 Å². The van der Waals surface area contributed by atoms with E-state index >= 15 is 0 Å². The van der Waals surface area contributed by atoms with Gasteiger partial charge in [-0.05, 0) is 31.2 Å². The van der Waals surface area contributed by atoms with Gasteiger partial charge in [-0.1, -0.05) is 22.9 Å². The Hall–Kier alpha value is -0.580. The van der Waals surface area contributed by atoms with Crippen molar-refractivity contribution in [3.63, 3.8) is 0 Å². The average Bonchev–Trinajstić information content (AvgIpc) is 2.35. The Labute approximate surface area is 110 Å². The Morgan fingerprint density at radius 1 is 1.53 bits per heavy atom. The molecule has 0 radical (unpaired) electrons. The zero-order valence-corrected chi connectivity index (χ0v) is 11.5. The number of halogens is 1. The first-order valence-electron chi connectivity index (χ1n) is 6.05. The Balaban J connectivity index is 2.24. The van der Waals surface area contributed by atoms with Crippen LogP contribution in [0.2, 0.25) is 0 Å². The molecule has 1 aliphatic heterocycles. The van der Waals surface area contributed by atoms with Gasteiger partial charge in [-0.3, -0.25) is 0 Å². The number of benzene rings is 1. The third-order valence-corrected chi connectivity index (χ3v) is 3.48. The molecular formula is C13H18BrNO2. The van der Waals surface area contributed by atoms with E-state index in [1.165, 1.54) is 5.56 Å². The number of aliphatic hydroxyl groups is 1. The topological polar surface area (TPSA) is 41.5 Å². The second-order valence-electron chi connectivity index (χ2n) is 4.35. The maximum atomic E-state index is 9.25. The Kier molecular flexibility index (Phi) is 4.42. The van der Waals surface area contributed by atoms with E-state index in [9.17, 15) is 5.11 Å². The first kappa shape index (κ1) is 12.9. The predicted molar refractivity (Wildman–Crippen MR) is 71.3 cm³/mol. The Morgan fingerprint density at radius 2 is 2.35 bits per heavy atom. The van der Waals surface area contributed by atoms with Crippen molar-refractivity contribution >= 4 is 15.9 Å². The van der Waals surface area contributed by atoms with Gasteiger partial charge in [0.05, 0.1) is 6.61 Å². The van der Waals surface area contributed by atoms with Gasteiger partial charge in [-0.25, -0.2) is 0 Å². The Morgan fingerprint density at radius 3 is 3.06 bits per heavy atom. The van der Waals surface area contributed by atoms with Crippen LogP contribution < -0.4 is 10.1 Å². The zero-order valence-electron chi connectivity index (χ0n) is 9.95. The van der Waals surface area contributed by atoms with Crippen LogP contribution in [0.15, 0.2) is 22.7 Å². The number of ether oxygens (including phenoxy) is 1. The second kappa shape index (κ2) is 5.85. The normalized spacial score (nSPS) is 23.0. The lowest BCUT2D eigenvalue weighted by Gasteiger charge is -2.32. The van der Waals surface area contributed by atoms with Gasteiger partial charge < -0.3 is 15.2 Å². The lowest BCUT2D eigenvalue weighted by atomic mass is 9.96. The van der Waals surface area contributed by atoms with Crippen LogP contribution in [0.3, 0.4) is 0 Å². The van der Waals surface area contributed by atoms with Gasteiger partial charge in [-0.15, -0.1) is 0 Å². The van der Waals surface area contributed by atoms with Gasteiger partial charge in [-0.2, -0.15) is 0 Å². The minimum Gasteiger partial charge on any atom is -0.488 e. The summed E-state index contributed by atoms with van der Waals surface area (Å²) in [4.78, 5) is 0. The van der Waals surface area contributed by atoms with Gasteiger partial charge >= 0.3 is 0 Å². The highest BCUT2D eigenvalue weighted by atomic mass is 79.9. The molecule has 1 aliphatic rings. The number of hydrogen-bond acceptors (Lipinski definition) is 3. The van der Waals surface area contributed by atoms with E-state index in [4.69, 9.17) is 4.74 Å². The van der Waals surface area contributed by atoms with Crippen LogP contribution in [0.4, 0.5) is 0 Å². The molecule has 3 nitrogen and oxygen atoms in total.